The molecular weight excluding hydrogens is 934 g/mol. The molecular formula is C24H31I4N3O6. The zero-order valence-electron chi connectivity index (χ0n) is 20.6. The van der Waals surface area contributed by atoms with Gasteiger partial charge in [0.25, 0.3) is 0 Å². The molecule has 0 radical (unpaired) electrons. The van der Waals surface area contributed by atoms with E-state index >= 15 is 0 Å². The summed E-state index contributed by atoms with van der Waals surface area (Å²) in [4.78, 5) is 23.6. The minimum Gasteiger partial charge on any atom is -0.506 e. The highest BCUT2D eigenvalue weighted by molar-refractivity contribution is 14.1. The number of halogens is 4. The number of benzene rings is 2. The quantitative estimate of drug-likeness (QED) is 0.156. The predicted octanol–water partition coefficient (Wildman–Crippen LogP) is 5.81. The molecule has 1 atom stereocenters. The van der Waals surface area contributed by atoms with Crippen molar-refractivity contribution in [1.29, 1.82) is 0 Å². The lowest BCUT2D eigenvalue weighted by molar-refractivity contribution is -0.139. The number of amides is 1. The van der Waals surface area contributed by atoms with E-state index in [2.05, 4.69) is 50.5 Å². The van der Waals surface area contributed by atoms with Gasteiger partial charge < -0.3 is 36.5 Å². The topological polar surface area (TPSA) is 157 Å². The van der Waals surface area contributed by atoms with Crippen molar-refractivity contribution >= 4 is 102 Å². The average molecular weight is 965 g/mol. The van der Waals surface area contributed by atoms with Gasteiger partial charge in [0, 0.05) is 6.42 Å². The molecule has 206 valence electrons. The van der Waals surface area contributed by atoms with Crippen LogP contribution in [0.15, 0.2) is 24.3 Å². The van der Waals surface area contributed by atoms with Crippen LogP contribution < -0.4 is 21.5 Å². The van der Waals surface area contributed by atoms with Crippen molar-refractivity contribution in [2.24, 2.45) is 11.5 Å². The Morgan fingerprint density at radius 3 is 1.84 bits per heavy atom. The standard InChI is InChI=1S/C20H19I4NO6.C4H12N2/c1-20(2,3)31-19(29)25-15(18(27)28)6-9-4-13(23)17(14(24)5-9)30-10-7-11(21)16(26)12(22)8-10;5-3-1-2-4-6/h4-5,7-8,15,26H,6H2,1-3H3,(H,25,29)(H,27,28);1-6H2/t15-;/m1./s1. The highest BCUT2D eigenvalue weighted by atomic mass is 127. The van der Waals surface area contributed by atoms with E-state index in [0.29, 0.717) is 18.6 Å². The van der Waals surface area contributed by atoms with Gasteiger partial charge in [0.05, 0.1) is 14.3 Å². The van der Waals surface area contributed by atoms with Gasteiger partial charge in [-0.2, -0.15) is 0 Å². The Hall–Kier alpha value is -0.380. The van der Waals surface area contributed by atoms with Crippen LogP contribution in [-0.2, 0) is 16.0 Å². The minimum absolute atomic E-state index is 0.0931. The minimum atomic E-state index is -1.15. The van der Waals surface area contributed by atoms with Crippen LogP contribution in [0.4, 0.5) is 4.79 Å². The van der Waals surface area contributed by atoms with Crippen molar-refractivity contribution in [2.75, 3.05) is 13.1 Å². The molecule has 0 unspecified atom stereocenters. The lowest BCUT2D eigenvalue weighted by Crippen LogP contribution is -2.44. The molecule has 0 aromatic heterocycles. The van der Waals surface area contributed by atoms with Gasteiger partial charge in [0.2, 0.25) is 0 Å². The second-order valence-electron chi connectivity index (χ2n) is 8.75. The van der Waals surface area contributed by atoms with E-state index < -0.39 is 23.7 Å². The maximum atomic E-state index is 12.0. The first-order valence-electron chi connectivity index (χ1n) is 11.1. The molecule has 0 aliphatic carbocycles. The van der Waals surface area contributed by atoms with Crippen molar-refractivity contribution in [1.82, 2.24) is 5.32 Å². The summed E-state index contributed by atoms with van der Waals surface area (Å²) in [5.41, 5.74) is 10.3. The summed E-state index contributed by atoms with van der Waals surface area (Å²) in [6.45, 7) is 6.68. The van der Waals surface area contributed by atoms with Crippen molar-refractivity contribution in [3.8, 4) is 17.2 Å². The SMILES string of the molecule is CC(C)(C)OC(=O)N[C@H](Cc1cc(I)c(Oc2cc(I)c(O)c(I)c2)c(I)c1)C(=O)O.NCCCCN. The number of unbranched alkanes of at least 4 members (excludes halogenated alkanes) is 1. The third-order valence-electron chi connectivity index (χ3n) is 4.36. The number of carbonyl (C=O) groups is 2. The van der Waals surface area contributed by atoms with E-state index in [0.717, 1.165) is 38.6 Å². The maximum absolute atomic E-state index is 12.0. The summed E-state index contributed by atoms with van der Waals surface area (Å²) in [6.07, 6.45) is 1.45. The van der Waals surface area contributed by atoms with Crippen LogP contribution in [0.5, 0.6) is 17.2 Å². The van der Waals surface area contributed by atoms with Crippen molar-refractivity contribution in [2.45, 2.75) is 51.7 Å². The Bertz CT molecular complexity index is 1030. The first kappa shape index (κ1) is 34.6. The van der Waals surface area contributed by atoms with E-state index in [1.165, 1.54) is 0 Å². The van der Waals surface area contributed by atoms with Gasteiger partial charge in [0.15, 0.2) is 5.75 Å². The van der Waals surface area contributed by atoms with Gasteiger partial charge in [-0.05, 0) is 167 Å². The second-order valence-corrected chi connectivity index (χ2v) is 13.4. The van der Waals surface area contributed by atoms with Crippen LogP contribution in [-0.4, -0.2) is 47.0 Å². The molecule has 13 heteroatoms. The summed E-state index contributed by atoms with van der Waals surface area (Å²) < 4.78 is 14.1. The number of phenols is 1. The van der Waals surface area contributed by atoms with E-state index in [1.54, 1.807) is 32.9 Å². The number of hydrogen-bond donors (Lipinski definition) is 5. The van der Waals surface area contributed by atoms with E-state index in [-0.39, 0.29) is 12.2 Å². The highest BCUT2D eigenvalue weighted by Crippen LogP contribution is 2.37. The zero-order valence-corrected chi connectivity index (χ0v) is 29.2. The number of rotatable bonds is 9. The fourth-order valence-electron chi connectivity index (χ4n) is 2.72. The van der Waals surface area contributed by atoms with Crippen LogP contribution in [0.2, 0.25) is 0 Å². The normalized spacial score (nSPS) is 11.7. The molecule has 0 saturated heterocycles. The molecule has 1 amide bonds. The second kappa shape index (κ2) is 16.7. The number of aromatic hydroxyl groups is 1. The fourth-order valence-corrected chi connectivity index (χ4v) is 6.55. The predicted molar refractivity (Wildman–Crippen MR) is 177 cm³/mol. The lowest BCUT2D eigenvalue weighted by Gasteiger charge is -2.22. The van der Waals surface area contributed by atoms with Crippen LogP contribution in [0.1, 0.15) is 39.2 Å². The molecule has 2 rings (SSSR count). The number of nitrogens with two attached hydrogens (primary N) is 2. The van der Waals surface area contributed by atoms with E-state index in [4.69, 9.17) is 20.9 Å². The Balaban J connectivity index is 0.00000102. The third kappa shape index (κ3) is 13.0. The fraction of sp³-hybridized carbons (Fsp3) is 0.417. The molecule has 0 fully saturated rings. The van der Waals surface area contributed by atoms with Crippen LogP contribution in [0.3, 0.4) is 0 Å². The maximum Gasteiger partial charge on any atom is 0.408 e. The molecule has 0 heterocycles. The molecule has 0 spiro atoms. The Morgan fingerprint density at radius 2 is 1.43 bits per heavy atom. The summed E-state index contributed by atoms with van der Waals surface area (Å²) in [6, 6.07) is 5.99. The van der Waals surface area contributed by atoms with E-state index in [1.807, 2.05) is 57.3 Å². The number of phenolic OH excluding ortho intramolecular Hbond substituents is 1. The zero-order chi connectivity index (χ0) is 28.3. The number of carboxylic acids is 1. The Kier molecular flexibility index (Phi) is 15.6. The highest BCUT2D eigenvalue weighted by Gasteiger charge is 2.25. The first-order valence-corrected chi connectivity index (χ1v) is 15.5. The average Bonchev–Trinajstić information content (AvgIpc) is 2.77. The Labute approximate surface area is 271 Å². The summed E-state index contributed by atoms with van der Waals surface area (Å²) >= 11 is 8.33. The molecule has 2 aromatic carbocycles. The molecule has 37 heavy (non-hydrogen) atoms. The summed E-state index contributed by atoms with van der Waals surface area (Å²) in [7, 11) is 0. The molecule has 0 saturated carbocycles. The van der Waals surface area contributed by atoms with Gasteiger partial charge in [-0.15, -0.1) is 0 Å². The van der Waals surface area contributed by atoms with Crippen LogP contribution in [0.25, 0.3) is 0 Å². The van der Waals surface area contributed by atoms with Gasteiger partial charge in [-0.3, -0.25) is 0 Å². The molecule has 2 aromatic rings. The number of alkyl carbamates (subject to hydrolysis) is 1. The molecule has 7 N–H and O–H groups in total. The molecule has 9 nitrogen and oxygen atoms in total. The van der Waals surface area contributed by atoms with Crippen molar-refractivity contribution in [3.63, 3.8) is 0 Å². The number of nitrogens with one attached hydrogen (secondary N) is 1. The number of ether oxygens (including phenoxy) is 2. The van der Waals surface area contributed by atoms with Gasteiger partial charge in [-0.25, -0.2) is 9.59 Å². The number of hydrogen-bond acceptors (Lipinski definition) is 7. The van der Waals surface area contributed by atoms with Gasteiger partial charge in [0.1, 0.15) is 23.1 Å². The lowest BCUT2D eigenvalue weighted by atomic mass is 10.1. The number of carbonyl (C=O) groups excluding carboxylic acids is 1. The third-order valence-corrected chi connectivity index (χ3v) is 7.60. The smallest absolute Gasteiger partial charge is 0.408 e. The summed E-state index contributed by atoms with van der Waals surface area (Å²) in [5, 5.41) is 21.9. The van der Waals surface area contributed by atoms with Gasteiger partial charge in [-0.1, -0.05) is 0 Å². The molecule has 0 aliphatic rings. The largest absolute Gasteiger partial charge is 0.506 e. The Morgan fingerprint density at radius 1 is 0.946 bits per heavy atom. The first-order chi connectivity index (χ1) is 17.2. The van der Waals surface area contributed by atoms with Crippen molar-refractivity contribution in [3.05, 3.63) is 44.1 Å². The monoisotopic (exact) mass is 965 g/mol. The van der Waals surface area contributed by atoms with E-state index in [9.17, 15) is 19.8 Å². The molecule has 0 aliphatic heterocycles. The van der Waals surface area contributed by atoms with Gasteiger partial charge >= 0.3 is 12.1 Å². The van der Waals surface area contributed by atoms with Crippen molar-refractivity contribution < 1.29 is 29.3 Å². The van der Waals surface area contributed by atoms with Crippen LogP contribution >= 0.6 is 90.4 Å². The number of carboxylic acid groups (broad SMARTS) is 1. The molecule has 0 bridgehead atoms. The summed E-state index contributed by atoms with van der Waals surface area (Å²) in [5.74, 6) is 0.286. The van der Waals surface area contributed by atoms with Crippen LogP contribution in [0, 0.1) is 14.3 Å². The number of aliphatic carboxylic acids is 1.